The zero-order chi connectivity index (χ0) is 14.3. The van der Waals surface area contributed by atoms with Gasteiger partial charge in [-0.1, -0.05) is 41.5 Å². The molecule has 3 N–H and O–H groups in total. The van der Waals surface area contributed by atoms with Gasteiger partial charge in [0.05, 0.1) is 0 Å². The van der Waals surface area contributed by atoms with Crippen LogP contribution in [0.5, 0.6) is 0 Å². The molecule has 0 bridgehead atoms. The van der Waals surface area contributed by atoms with Crippen LogP contribution in [0.15, 0.2) is 0 Å². The molecular weight excluding hydrogens is 216 g/mol. The normalized spacial score (nSPS) is 10.1. The number of hydrogen-bond donors (Lipinski definition) is 2. The lowest BCUT2D eigenvalue weighted by molar-refractivity contribution is -0.128. The summed E-state index contributed by atoms with van der Waals surface area (Å²) in [6, 6.07) is 0. The highest BCUT2D eigenvalue weighted by Gasteiger charge is 2.14. The van der Waals surface area contributed by atoms with Gasteiger partial charge in [-0.15, -0.1) is 0 Å². The fourth-order valence-corrected chi connectivity index (χ4v) is 1.02. The van der Waals surface area contributed by atoms with Crippen molar-refractivity contribution in [3.8, 4) is 0 Å². The summed E-state index contributed by atoms with van der Waals surface area (Å²) in [5.41, 5.74) is 5.21. The van der Waals surface area contributed by atoms with Crippen LogP contribution < -0.4 is 11.1 Å². The van der Waals surface area contributed by atoms with Crippen LogP contribution in [0.3, 0.4) is 0 Å². The maximum absolute atomic E-state index is 11.1. The van der Waals surface area contributed by atoms with E-state index >= 15 is 0 Å². The minimum absolute atomic E-state index is 0.0975. The van der Waals surface area contributed by atoms with Crippen molar-refractivity contribution in [2.45, 2.75) is 54.4 Å². The largest absolute Gasteiger partial charge is 0.355 e. The molecule has 0 aromatic rings. The van der Waals surface area contributed by atoms with Gasteiger partial charge in [0.15, 0.2) is 0 Å². The molecule has 1 atom stereocenters. The predicted molar refractivity (Wildman–Crippen MR) is 73.8 cm³/mol. The summed E-state index contributed by atoms with van der Waals surface area (Å²) in [4.78, 5) is 22.2. The number of carbonyl (C=O) groups excluding carboxylic acids is 2. The fourth-order valence-electron chi connectivity index (χ4n) is 1.02. The standard InChI is InChI=1S/C9H18N2O2.2C2H6/c1-3-8(12)7(2)6-9(13)11-5-4-10;2*1-2/h7H,3-6,10H2,1-2H3,(H,11,13);2*1-2H3. The molecule has 0 aromatic carbocycles. The number of nitrogens with two attached hydrogens (primary N) is 1. The van der Waals surface area contributed by atoms with Crippen LogP contribution in [0.1, 0.15) is 54.4 Å². The first kappa shape index (κ1) is 21.4. The number of amides is 1. The Bertz CT molecular complexity index is 182. The molecule has 0 saturated heterocycles. The molecule has 0 heterocycles. The van der Waals surface area contributed by atoms with Crippen molar-refractivity contribution < 1.29 is 9.59 Å². The Hall–Kier alpha value is -0.900. The summed E-state index contributed by atoms with van der Waals surface area (Å²) < 4.78 is 0. The lowest BCUT2D eigenvalue weighted by atomic mass is 10.0. The lowest BCUT2D eigenvalue weighted by Gasteiger charge is -2.08. The predicted octanol–water partition coefficient (Wildman–Crippen LogP) is 2.12. The highest BCUT2D eigenvalue weighted by atomic mass is 16.2. The maximum Gasteiger partial charge on any atom is 0.220 e. The van der Waals surface area contributed by atoms with Gasteiger partial charge < -0.3 is 11.1 Å². The van der Waals surface area contributed by atoms with Crippen molar-refractivity contribution in [3.63, 3.8) is 0 Å². The number of carbonyl (C=O) groups is 2. The molecule has 1 unspecified atom stereocenters. The molecule has 17 heavy (non-hydrogen) atoms. The highest BCUT2D eigenvalue weighted by Crippen LogP contribution is 2.05. The summed E-state index contributed by atoms with van der Waals surface area (Å²) in [6.07, 6.45) is 0.762. The van der Waals surface area contributed by atoms with E-state index in [9.17, 15) is 9.59 Å². The first-order valence-corrected chi connectivity index (χ1v) is 6.61. The molecule has 4 nitrogen and oxygen atoms in total. The van der Waals surface area contributed by atoms with Gasteiger partial charge in [0.1, 0.15) is 5.78 Å². The Balaban J connectivity index is -0.000000439. The van der Waals surface area contributed by atoms with Gasteiger partial charge in [-0.2, -0.15) is 0 Å². The first-order chi connectivity index (χ1) is 8.11. The zero-order valence-electron chi connectivity index (χ0n) is 12.3. The van der Waals surface area contributed by atoms with Crippen LogP contribution in [0, 0.1) is 5.92 Å². The van der Waals surface area contributed by atoms with Crippen LogP contribution in [-0.2, 0) is 9.59 Å². The molecule has 1 amide bonds. The van der Waals surface area contributed by atoms with Crippen LogP contribution in [-0.4, -0.2) is 24.8 Å². The molecule has 104 valence electrons. The number of ketones is 1. The summed E-state index contributed by atoms with van der Waals surface area (Å²) in [5.74, 6) is -0.148. The van der Waals surface area contributed by atoms with E-state index in [1.165, 1.54) is 0 Å². The Morgan fingerprint density at radius 2 is 1.65 bits per heavy atom. The van der Waals surface area contributed by atoms with Crippen molar-refractivity contribution in [3.05, 3.63) is 0 Å². The van der Waals surface area contributed by atoms with E-state index in [2.05, 4.69) is 5.32 Å². The van der Waals surface area contributed by atoms with Gasteiger partial charge in [0.25, 0.3) is 0 Å². The molecule has 0 saturated carbocycles. The molecule has 0 radical (unpaired) electrons. The monoisotopic (exact) mass is 246 g/mol. The number of nitrogens with one attached hydrogen (secondary N) is 1. The van der Waals surface area contributed by atoms with Crippen LogP contribution >= 0.6 is 0 Å². The van der Waals surface area contributed by atoms with E-state index in [4.69, 9.17) is 5.73 Å². The molecule has 0 aromatic heterocycles. The SMILES string of the molecule is CC.CC.CCC(=O)C(C)CC(=O)NCCN. The highest BCUT2D eigenvalue weighted by molar-refractivity contribution is 5.86. The van der Waals surface area contributed by atoms with Crippen LogP contribution in [0.2, 0.25) is 0 Å². The van der Waals surface area contributed by atoms with Gasteiger partial charge >= 0.3 is 0 Å². The van der Waals surface area contributed by atoms with Crippen molar-refractivity contribution in [1.82, 2.24) is 5.32 Å². The average Bonchev–Trinajstić information content (AvgIpc) is 2.39. The van der Waals surface area contributed by atoms with E-state index in [-0.39, 0.29) is 24.0 Å². The molecular formula is C13H30N2O2. The van der Waals surface area contributed by atoms with Gasteiger partial charge in [-0.05, 0) is 0 Å². The topological polar surface area (TPSA) is 72.2 Å². The summed E-state index contributed by atoms with van der Waals surface area (Å²) in [6.45, 7) is 12.5. The zero-order valence-corrected chi connectivity index (χ0v) is 12.3. The lowest BCUT2D eigenvalue weighted by Crippen LogP contribution is -2.31. The Labute approximate surface area is 106 Å². The fraction of sp³-hybridized carbons (Fsp3) is 0.846. The second-order valence-corrected chi connectivity index (χ2v) is 3.06. The second kappa shape index (κ2) is 17.5. The Morgan fingerprint density at radius 3 is 2.00 bits per heavy atom. The number of hydrogen-bond acceptors (Lipinski definition) is 3. The van der Waals surface area contributed by atoms with Crippen LogP contribution in [0.4, 0.5) is 0 Å². The van der Waals surface area contributed by atoms with Crippen molar-refractivity contribution >= 4 is 11.7 Å². The van der Waals surface area contributed by atoms with E-state index in [1.54, 1.807) is 13.8 Å². The van der Waals surface area contributed by atoms with Crippen molar-refractivity contribution in [2.24, 2.45) is 11.7 Å². The van der Waals surface area contributed by atoms with Gasteiger partial charge in [-0.3, -0.25) is 9.59 Å². The summed E-state index contributed by atoms with van der Waals surface area (Å²) in [5, 5.41) is 2.63. The van der Waals surface area contributed by atoms with E-state index in [1.807, 2.05) is 27.7 Å². The molecule has 0 aliphatic rings. The smallest absolute Gasteiger partial charge is 0.220 e. The van der Waals surface area contributed by atoms with Crippen LogP contribution in [0.25, 0.3) is 0 Å². The quantitative estimate of drug-likeness (QED) is 0.754. The van der Waals surface area contributed by atoms with E-state index in [0.29, 0.717) is 19.5 Å². The van der Waals surface area contributed by atoms with Gasteiger partial charge in [0, 0.05) is 31.8 Å². The minimum Gasteiger partial charge on any atom is -0.355 e. The second-order valence-electron chi connectivity index (χ2n) is 3.06. The van der Waals surface area contributed by atoms with Gasteiger partial charge in [0.2, 0.25) is 5.91 Å². The number of Topliss-reactive ketones (excluding diaryl/α,β-unsaturated/α-hetero) is 1. The average molecular weight is 246 g/mol. The summed E-state index contributed by atoms with van der Waals surface area (Å²) >= 11 is 0. The minimum atomic E-state index is -0.178. The third-order valence-electron chi connectivity index (χ3n) is 1.86. The van der Waals surface area contributed by atoms with Crippen molar-refractivity contribution in [2.75, 3.05) is 13.1 Å². The van der Waals surface area contributed by atoms with E-state index in [0.717, 1.165) is 0 Å². The Morgan fingerprint density at radius 1 is 1.18 bits per heavy atom. The van der Waals surface area contributed by atoms with E-state index < -0.39 is 0 Å². The third kappa shape index (κ3) is 15.1. The molecule has 0 aliphatic heterocycles. The van der Waals surface area contributed by atoms with Gasteiger partial charge in [-0.25, -0.2) is 0 Å². The number of rotatable bonds is 6. The summed E-state index contributed by atoms with van der Waals surface area (Å²) in [7, 11) is 0. The molecule has 0 spiro atoms. The third-order valence-corrected chi connectivity index (χ3v) is 1.86. The molecule has 4 heteroatoms. The molecule has 0 fully saturated rings. The maximum atomic E-state index is 11.1. The molecule has 0 aliphatic carbocycles. The first-order valence-electron chi connectivity index (χ1n) is 6.61. The van der Waals surface area contributed by atoms with Crippen molar-refractivity contribution in [1.29, 1.82) is 0 Å². The Kier molecular flexibility index (Phi) is 22.0. The molecule has 0 rings (SSSR count).